The van der Waals surface area contributed by atoms with E-state index in [4.69, 9.17) is 4.74 Å². The highest BCUT2D eigenvalue weighted by molar-refractivity contribution is 7.84. The Hall–Kier alpha value is -2.07. The summed E-state index contributed by atoms with van der Waals surface area (Å²) in [5.74, 6) is -0.286. The van der Waals surface area contributed by atoms with E-state index in [0.717, 1.165) is 11.4 Å². The first kappa shape index (κ1) is 18.3. The normalized spacial score (nSPS) is 11.9. The number of rotatable bonds is 8. The fourth-order valence-electron chi connectivity index (χ4n) is 1.78. The Balaban J connectivity index is 1.88. The summed E-state index contributed by atoms with van der Waals surface area (Å²) in [6.45, 7) is 4.18. The van der Waals surface area contributed by atoms with Gasteiger partial charge in [0.1, 0.15) is 10.8 Å². The molecule has 0 aliphatic rings. The monoisotopic (exact) mass is 370 g/mol. The lowest BCUT2D eigenvalue weighted by molar-refractivity contribution is -0.113. The number of anilines is 1. The Labute approximate surface area is 145 Å². The van der Waals surface area contributed by atoms with Crippen molar-refractivity contribution < 1.29 is 13.7 Å². The van der Waals surface area contributed by atoms with Gasteiger partial charge in [-0.3, -0.25) is 19.1 Å². The van der Waals surface area contributed by atoms with Gasteiger partial charge >= 0.3 is 0 Å². The number of carbonyl (C=O) groups excluding carboxylic acids is 1. The Morgan fingerprint density at radius 1 is 1.46 bits per heavy atom. The summed E-state index contributed by atoms with van der Waals surface area (Å²) in [6, 6.07) is 1.34. The van der Waals surface area contributed by atoms with Crippen molar-refractivity contribution >= 4 is 33.2 Å². The zero-order valence-electron chi connectivity index (χ0n) is 13.3. The molecule has 8 nitrogen and oxygen atoms in total. The molecule has 2 rings (SSSR count). The zero-order chi connectivity index (χ0) is 17.5. The van der Waals surface area contributed by atoms with Crippen LogP contribution in [0.1, 0.15) is 24.0 Å². The standard InChI is InChI=1S/C14H18N4O4S2/c1-3-4-22-12-6-15-10(5-11(12)19)7-24(21)8-13(20)16-14-18-17-9(2)23-14/h5-6H,3-4,7-8H2,1-2H3,(H,15,19)(H,16,18,20). The smallest absolute Gasteiger partial charge is 0.238 e. The van der Waals surface area contributed by atoms with Gasteiger partial charge in [-0.15, -0.1) is 10.2 Å². The van der Waals surface area contributed by atoms with Crippen LogP contribution in [0, 0.1) is 6.92 Å². The number of nitrogens with one attached hydrogen (secondary N) is 2. The van der Waals surface area contributed by atoms with E-state index in [-0.39, 0.29) is 22.7 Å². The average Bonchev–Trinajstić information content (AvgIpc) is 2.91. The Kier molecular flexibility index (Phi) is 6.62. The molecule has 2 aromatic rings. The topological polar surface area (TPSA) is 114 Å². The SMILES string of the molecule is CCCOc1c[nH]c(CS(=O)CC(=O)Nc2nnc(C)s2)cc1=O. The van der Waals surface area contributed by atoms with Crippen LogP contribution in [0.4, 0.5) is 5.13 Å². The number of H-pyrrole nitrogens is 1. The van der Waals surface area contributed by atoms with Crippen LogP contribution in [0.2, 0.25) is 0 Å². The van der Waals surface area contributed by atoms with Gasteiger partial charge in [0.25, 0.3) is 0 Å². The second-order valence-corrected chi connectivity index (χ2v) is 7.58. The van der Waals surface area contributed by atoms with E-state index in [2.05, 4.69) is 20.5 Å². The molecule has 0 aromatic carbocycles. The summed E-state index contributed by atoms with van der Waals surface area (Å²) in [6.07, 6.45) is 2.25. The van der Waals surface area contributed by atoms with Crippen molar-refractivity contribution in [2.75, 3.05) is 17.7 Å². The van der Waals surface area contributed by atoms with Gasteiger partial charge in [0, 0.05) is 28.8 Å². The number of aromatic nitrogens is 3. The maximum atomic E-state index is 12.1. The number of aromatic amines is 1. The lowest BCUT2D eigenvalue weighted by Crippen LogP contribution is -2.20. The minimum absolute atomic E-state index is 0.0753. The highest BCUT2D eigenvalue weighted by Crippen LogP contribution is 2.13. The third-order valence-corrected chi connectivity index (χ3v) is 4.75. The molecule has 0 saturated heterocycles. The fourth-order valence-corrected chi connectivity index (χ4v) is 3.37. The van der Waals surface area contributed by atoms with Crippen LogP contribution in [0.25, 0.3) is 0 Å². The van der Waals surface area contributed by atoms with Gasteiger partial charge < -0.3 is 9.72 Å². The molecule has 0 saturated carbocycles. The summed E-state index contributed by atoms with van der Waals surface area (Å²) in [7, 11) is -1.45. The van der Waals surface area contributed by atoms with E-state index in [0.29, 0.717) is 17.4 Å². The van der Waals surface area contributed by atoms with Gasteiger partial charge in [0.15, 0.2) is 5.75 Å². The van der Waals surface area contributed by atoms with Crippen molar-refractivity contribution in [1.29, 1.82) is 0 Å². The molecule has 10 heteroatoms. The fraction of sp³-hybridized carbons (Fsp3) is 0.429. The molecule has 2 aromatic heterocycles. The van der Waals surface area contributed by atoms with E-state index in [1.54, 1.807) is 6.92 Å². The molecule has 0 spiro atoms. The predicted molar refractivity (Wildman–Crippen MR) is 92.8 cm³/mol. The molecular weight excluding hydrogens is 352 g/mol. The van der Waals surface area contributed by atoms with Crippen molar-refractivity contribution in [2.24, 2.45) is 0 Å². The van der Waals surface area contributed by atoms with E-state index in [9.17, 15) is 13.8 Å². The molecule has 130 valence electrons. The number of pyridine rings is 1. The lowest BCUT2D eigenvalue weighted by Gasteiger charge is -2.06. The summed E-state index contributed by atoms with van der Waals surface area (Å²) in [5.41, 5.74) is 0.213. The Morgan fingerprint density at radius 3 is 2.88 bits per heavy atom. The molecule has 0 radical (unpaired) electrons. The van der Waals surface area contributed by atoms with Gasteiger partial charge in [0.05, 0.1) is 12.4 Å². The Morgan fingerprint density at radius 2 is 2.25 bits per heavy atom. The third-order valence-electron chi connectivity index (χ3n) is 2.78. The van der Waals surface area contributed by atoms with Crippen LogP contribution in [-0.2, 0) is 21.3 Å². The van der Waals surface area contributed by atoms with Gasteiger partial charge in [-0.05, 0) is 13.3 Å². The molecule has 1 atom stereocenters. The molecule has 2 N–H and O–H groups in total. The second-order valence-electron chi connectivity index (χ2n) is 4.94. The van der Waals surface area contributed by atoms with Gasteiger partial charge in [-0.1, -0.05) is 18.3 Å². The minimum atomic E-state index is -1.45. The minimum Gasteiger partial charge on any atom is -0.488 e. The number of carbonyl (C=O) groups is 1. The summed E-state index contributed by atoms with van der Waals surface area (Å²) in [5, 5.41) is 11.2. The lowest BCUT2D eigenvalue weighted by atomic mass is 10.3. The van der Waals surface area contributed by atoms with Crippen molar-refractivity contribution in [1.82, 2.24) is 15.2 Å². The zero-order valence-corrected chi connectivity index (χ0v) is 15.0. The van der Waals surface area contributed by atoms with Crippen molar-refractivity contribution in [2.45, 2.75) is 26.0 Å². The maximum absolute atomic E-state index is 12.1. The number of amides is 1. The van der Waals surface area contributed by atoms with E-state index >= 15 is 0 Å². The van der Waals surface area contributed by atoms with Crippen molar-refractivity contribution in [3.63, 3.8) is 0 Å². The molecule has 0 fully saturated rings. The van der Waals surface area contributed by atoms with Gasteiger partial charge in [-0.25, -0.2) is 0 Å². The van der Waals surface area contributed by atoms with Crippen LogP contribution < -0.4 is 15.5 Å². The van der Waals surface area contributed by atoms with Crippen LogP contribution >= 0.6 is 11.3 Å². The quantitative estimate of drug-likeness (QED) is 0.722. The highest BCUT2D eigenvalue weighted by Gasteiger charge is 2.12. The number of ether oxygens (including phenoxy) is 1. The second kappa shape index (κ2) is 8.69. The van der Waals surface area contributed by atoms with Gasteiger partial charge in [-0.2, -0.15) is 0 Å². The number of hydrogen-bond acceptors (Lipinski definition) is 7. The molecule has 1 unspecified atom stereocenters. The molecule has 1 amide bonds. The van der Waals surface area contributed by atoms with Crippen LogP contribution in [-0.4, -0.2) is 37.7 Å². The van der Waals surface area contributed by atoms with Crippen LogP contribution in [0.15, 0.2) is 17.1 Å². The highest BCUT2D eigenvalue weighted by atomic mass is 32.2. The van der Waals surface area contributed by atoms with Gasteiger partial charge in [0.2, 0.25) is 16.5 Å². The van der Waals surface area contributed by atoms with E-state index in [1.807, 2.05) is 6.92 Å². The molecular formula is C14H18N4O4S2. The first-order valence-electron chi connectivity index (χ1n) is 7.27. The van der Waals surface area contributed by atoms with Crippen molar-refractivity contribution in [3.05, 3.63) is 33.2 Å². The summed E-state index contributed by atoms with van der Waals surface area (Å²) in [4.78, 5) is 26.5. The Bertz CT molecular complexity index is 787. The van der Waals surface area contributed by atoms with E-state index in [1.165, 1.54) is 23.6 Å². The first-order valence-corrected chi connectivity index (χ1v) is 9.57. The van der Waals surface area contributed by atoms with Crippen molar-refractivity contribution in [3.8, 4) is 5.75 Å². The number of aryl methyl sites for hydroxylation is 1. The number of nitrogens with zero attached hydrogens (tertiary/aromatic N) is 2. The molecule has 0 bridgehead atoms. The predicted octanol–water partition coefficient (Wildman–Crippen LogP) is 1.21. The summed E-state index contributed by atoms with van der Waals surface area (Å²) < 4.78 is 17.3. The van der Waals surface area contributed by atoms with Crippen LogP contribution in [0.3, 0.4) is 0 Å². The summed E-state index contributed by atoms with van der Waals surface area (Å²) >= 11 is 1.24. The largest absolute Gasteiger partial charge is 0.488 e. The molecule has 0 aliphatic carbocycles. The third kappa shape index (κ3) is 5.53. The molecule has 0 aliphatic heterocycles. The number of hydrogen-bond donors (Lipinski definition) is 2. The molecule has 2 heterocycles. The maximum Gasteiger partial charge on any atom is 0.238 e. The van der Waals surface area contributed by atoms with E-state index < -0.39 is 16.7 Å². The van der Waals surface area contributed by atoms with Crippen LogP contribution in [0.5, 0.6) is 5.75 Å². The average molecular weight is 370 g/mol. The molecule has 24 heavy (non-hydrogen) atoms. The first-order chi connectivity index (χ1) is 11.5.